The number of carboxylic acid groups (broad SMARTS) is 1. The Morgan fingerprint density at radius 3 is 2.38 bits per heavy atom. The van der Waals surface area contributed by atoms with Gasteiger partial charge in [-0.3, -0.25) is 0 Å². The van der Waals surface area contributed by atoms with Gasteiger partial charge in [-0.25, -0.2) is 4.79 Å². The first kappa shape index (κ1) is 14.2. The summed E-state index contributed by atoms with van der Waals surface area (Å²) >= 11 is 0. The fraction of sp³-hybridized carbons (Fsp3) is 0.214. The van der Waals surface area contributed by atoms with E-state index in [4.69, 9.17) is 5.11 Å². The Kier molecular flexibility index (Phi) is 8.60. The molecule has 2 heteroatoms. The fourth-order valence-electron chi connectivity index (χ4n) is 0.950. The Bertz CT molecular complexity index is 326. The third-order valence-electron chi connectivity index (χ3n) is 1.74. The molecule has 1 N–H and O–H groups in total. The molecule has 1 aromatic carbocycles. The van der Waals surface area contributed by atoms with Gasteiger partial charge in [-0.1, -0.05) is 62.4 Å². The molecule has 0 atom stereocenters. The molecule has 0 amide bonds. The Morgan fingerprint density at radius 2 is 1.94 bits per heavy atom. The van der Waals surface area contributed by atoms with Crippen molar-refractivity contribution in [2.45, 2.75) is 19.8 Å². The minimum Gasteiger partial charge on any atom is -0.478 e. The number of carbonyl (C=O) groups is 1. The van der Waals surface area contributed by atoms with Crippen molar-refractivity contribution < 1.29 is 9.90 Å². The van der Waals surface area contributed by atoms with Crippen LogP contribution in [0.5, 0.6) is 0 Å². The van der Waals surface area contributed by atoms with E-state index < -0.39 is 5.97 Å². The van der Waals surface area contributed by atoms with Crippen molar-refractivity contribution >= 4 is 12.0 Å². The lowest BCUT2D eigenvalue weighted by atomic mass is 10.2. The van der Waals surface area contributed by atoms with E-state index >= 15 is 0 Å². The van der Waals surface area contributed by atoms with Crippen molar-refractivity contribution in [3.63, 3.8) is 0 Å². The molecule has 2 nitrogen and oxygen atoms in total. The summed E-state index contributed by atoms with van der Waals surface area (Å²) in [4.78, 5) is 9.25. The predicted octanol–water partition coefficient (Wildman–Crippen LogP) is 3.76. The zero-order valence-electron chi connectivity index (χ0n) is 9.60. The van der Waals surface area contributed by atoms with Crippen LogP contribution in [0.3, 0.4) is 0 Å². The van der Waals surface area contributed by atoms with Crippen LogP contribution in [0.15, 0.2) is 49.1 Å². The Labute approximate surface area is 96.9 Å². The molecule has 0 radical (unpaired) electrons. The molecular weight excluding hydrogens is 200 g/mol. The van der Waals surface area contributed by atoms with Crippen LogP contribution in [-0.2, 0) is 4.79 Å². The standard InChI is InChI=1S/C11H14.C3H4O2/c1-2-3-5-8-11-9-6-4-7-10-11;1-2-3(4)5/h4-10H,2-3H2,1H3;2H,1H2,(H,4,5). The second-order valence-electron chi connectivity index (χ2n) is 3.14. The van der Waals surface area contributed by atoms with Gasteiger partial charge in [0.15, 0.2) is 0 Å². The van der Waals surface area contributed by atoms with Crippen molar-refractivity contribution in [2.24, 2.45) is 0 Å². The lowest BCUT2D eigenvalue weighted by Crippen LogP contribution is -1.82. The Balaban J connectivity index is 0.000000385. The van der Waals surface area contributed by atoms with Crippen LogP contribution < -0.4 is 0 Å². The van der Waals surface area contributed by atoms with Crippen molar-refractivity contribution in [2.75, 3.05) is 0 Å². The number of unbranched alkanes of at least 4 members (excludes halogenated alkanes) is 1. The molecular formula is C14H18O2. The third-order valence-corrected chi connectivity index (χ3v) is 1.74. The molecule has 0 aliphatic heterocycles. The quantitative estimate of drug-likeness (QED) is 0.781. The molecule has 0 saturated carbocycles. The summed E-state index contributed by atoms with van der Waals surface area (Å²) in [5.41, 5.74) is 1.29. The molecule has 0 spiro atoms. The lowest BCUT2D eigenvalue weighted by Gasteiger charge is -1.89. The van der Waals surface area contributed by atoms with E-state index in [-0.39, 0.29) is 0 Å². The van der Waals surface area contributed by atoms with Crippen molar-refractivity contribution in [3.05, 3.63) is 54.6 Å². The van der Waals surface area contributed by atoms with Gasteiger partial charge >= 0.3 is 5.97 Å². The van der Waals surface area contributed by atoms with E-state index in [1.165, 1.54) is 18.4 Å². The molecule has 1 aromatic rings. The van der Waals surface area contributed by atoms with E-state index in [1.807, 2.05) is 6.07 Å². The first-order valence-corrected chi connectivity index (χ1v) is 5.27. The molecule has 0 aromatic heterocycles. The van der Waals surface area contributed by atoms with Gasteiger partial charge in [0, 0.05) is 6.08 Å². The van der Waals surface area contributed by atoms with Crippen LogP contribution in [0.2, 0.25) is 0 Å². The lowest BCUT2D eigenvalue weighted by molar-refractivity contribution is -0.131. The summed E-state index contributed by atoms with van der Waals surface area (Å²) in [6.07, 6.45) is 7.62. The number of carboxylic acids is 1. The van der Waals surface area contributed by atoms with Gasteiger partial charge in [-0.05, 0) is 12.0 Å². The van der Waals surface area contributed by atoms with Gasteiger partial charge in [0.2, 0.25) is 0 Å². The molecule has 86 valence electrons. The fourth-order valence-corrected chi connectivity index (χ4v) is 0.950. The minimum atomic E-state index is -0.981. The maximum atomic E-state index is 9.25. The summed E-state index contributed by atoms with van der Waals surface area (Å²) < 4.78 is 0. The first-order valence-electron chi connectivity index (χ1n) is 5.27. The van der Waals surface area contributed by atoms with Crippen LogP contribution in [0.4, 0.5) is 0 Å². The molecule has 1 rings (SSSR count). The molecule has 0 aliphatic rings. The van der Waals surface area contributed by atoms with Crippen molar-refractivity contribution in [1.29, 1.82) is 0 Å². The predicted molar refractivity (Wildman–Crippen MR) is 68.2 cm³/mol. The number of benzene rings is 1. The summed E-state index contributed by atoms with van der Waals surface area (Å²) in [6.45, 7) is 5.15. The SMILES string of the molecule is C=CC(=O)O.CCCC=Cc1ccccc1. The van der Waals surface area contributed by atoms with Gasteiger partial charge in [-0.2, -0.15) is 0 Å². The molecule has 0 heterocycles. The highest BCUT2D eigenvalue weighted by Gasteiger charge is 1.80. The number of rotatable bonds is 4. The van der Waals surface area contributed by atoms with Crippen molar-refractivity contribution in [3.8, 4) is 0 Å². The van der Waals surface area contributed by atoms with Crippen LogP contribution in [0, 0.1) is 0 Å². The van der Waals surface area contributed by atoms with Gasteiger partial charge in [0.1, 0.15) is 0 Å². The number of hydrogen-bond acceptors (Lipinski definition) is 1. The number of hydrogen-bond donors (Lipinski definition) is 1. The van der Waals surface area contributed by atoms with Gasteiger partial charge in [-0.15, -0.1) is 0 Å². The second-order valence-corrected chi connectivity index (χ2v) is 3.14. The van der Waals surface area contributed by atoms with Crippen LogP contribution in [0.25, 0.3) is 6.08 Å². The summed E-state index contributed by atoms with van der Waals surface area (Å²) in [6, 6.07) is 10.4. The number of allylic oxidation sites excluding steroid dienone is 1. The maximum Gasteiger partial charge on any atom is 0.327 e. The average Bonchev–Trinajstić information content (AvgIpc) is 2.31. The monoisotopic (exact) mass is 218 g/mol. The maximum absolute atomic E-state index is 9.25. The highest BCUT2D eigenvalue weighted by molar-refractivity contribution is 5.78. The highest BCUT2D eigenvalue weighted by Crippen LogP contribution is 2.02. The van der Waals surface area contributed by atoms with Crippen LogP contribution in [0.1, 0.15) is 25.3 Å². The second kappa shape index (κ2) is 9.71. The van der Waals surface area contributed by atoms with E-state index in [0.717, 1.165) is 6.08 Å². The average molecular weight is 218 g/mol. The smallest absolute Gasteiger partial charge is 0.327 e. The third kappa shape index (κ3) is 8.75. The molecule has 0 aliphatic carbocycles. The zero-order chi connectivity index (χ0) is 12.2. The normalized spacial score (nSPS) is 9.31. The Hall–Kier alpha value is -1.83. The van der Waals surface area contributed by atoms with Gasteiger partial charge in [0.25, 0.3) is 0 Å². The molecule has 0 saturated heterocycles. The highest BCUT2D eigenvalue weighted by atomic mass is 16.4. The molecule has 0 bridgehead atoms. The zero-order valence-corrected chi connectivity index (χ0v) is 9.60. The molecule has 0 fully saturated rings. The van der Waals surface area contributed by atoms with E-state index in [0.29, 0.717) is 0 Å². The van der Waals surface area contributed by atoms with E-state index in [9.17, 15) is 4.79 Å². The topological polar surface area (TPSA) is 37.3 Å². The first-order chi connectivity index (χ1) is 7.70. The number of aliphatic carboxylic acids is 1. The minimum absolute atomic E-state index is 0.833. The van der Waals surface area contributed by atoms with E-state index in [2.05, 4.69) is 49.9 Å². The van der Waals surface area contributed by atoms with Gasteiger partial charge < -0.3 is 5.11 Å². The van der Waals surface area contributed by atoms with Gasteiger partial charge in [0.05, 0.1) is 0 Å². The summed E-state index contributed by atoms with van der Waals surface area (Å²) in [7, 11) is 0. The van der Waals surface area contributed by atoms with Crippen LogP contribution >= 0.6 is 0 Å². The van der Waals surface area contributed by atoms with Crippen LogP contribution in [-0.4, -0.2) is 11.1 Å². The summed E-state index contributed by atoms with van der Waals surface area (Å²) in [5, 5.41) is 7.60. The molecule has 16 heavy (non-hydrogen) atoms. The van der Waals surface area contributed by atoms with E-state index in [1.54, 1.807) is 0 Å². The largest absolute Gasteiger partial charge is 0.478 e. The summed E-state index contributed by atoms with van der Waals surface area (Å²) in [5.74, 6) is -0.981. The molecule has 0 unspecified atom stereocenters. The van der Waals surface area contributed by atoms with Crippen molar-refractivity contribution in [1.82, 2.24) is 0 Å². The Morgan fingerprint density at radius 1 is 1.38 bits per heavy atom.